The molecule has 6 heterocycles. The van der Waals surface area contributed by atoms with E-state index in [0.717, 1.165) is 15.4 Å². The van der Waals surface area contributed by atoms with Crippen molar-refractivity contribution in [3.05, 3.63) is 45.0 Å². The van der Waals surface area contributed by atoms with Gasteiger partial charge in [-0.05, 0) is 164 Å². The third kappa shape index (κ3) is 16.6. The van der Waals surface area contributed by atoms with E-state index in [1.807, 2.05) is 12.1 Å². The predicted octanol–water partition coefficient (Wildman–Crippen LogP) is -3.12. The molecule has 38 atom stereocenters. The number of hydrogen-bond acceptors (Lipinski definition) is 33. The van der Waals surface area contributed by atoms with Crippen LogP contribution in [0.15, 0.2) is 35.9 Å². The highest BCUT2D eigenvalue weighted by Gasteiger charge is 2.73. The first-order valence-electron chi connectivity index (χ1n) is 39.6. The molecule has 11 aliphatic rings. The lowest BCUT2D eigenvalue weighted by Gasteiger charge is -2.71. The summed E-state index contributed by atoms with van der Waals surface area (Å²) in [7, 11) is 0. The van der Waals surface area contributed by atoms with Gasteiger partial charge in [0.1, 0.15) is 122 Å². The highest BCUT2D eigenvalue weighted by molar-refractivity contribution is 14.1. The summed E-state index contributed by atoms with van der Waals surface area (Å²) in [6.07, 6.45) is -45.9. The second-order valence-corrected chi connectivity index (χ2v) is 36.2. The van der Waals surface area contributed by atoms with Gasteiger partial charge in [0.15, 0.2) is 43.7 Å². The smallest absolute Gasteiger partial charge is 0.335 e. The molecule has 37 heteroatoms. The number of ether oxygens (including phenoxy) is 12. The van der Waals surface area contributed by atoms with Crippen molar-refractivity contribution in [2.24, 2.45) is 50.2 Å². The monoisotopic (exact) mass is 1740 g/mol. The van der Waals surface area contributed by atoms with Crippen molar-refractivity contribution in [1.82, 2.24) is 10.6 Å². The molecule has 0 spiro atoms. The Morgan fingerprint density at radius 3 is 1.81 bits per heavy atom. The van der Waals surface area contributed by atoms with Crippen molar-refractivity contribution in [2.75, 3.05) is 33.0 Å². The van der Waals surface area contributed by atoms with Gasteiger partial charge in [-0.2, -0.15) is 0 Å². The van der Waals surface area contributed by atoms with Gasteiger partial charge < -0.3 is 159 Å². The van der Waals surface area contributed by atoms with Gasteiger partial charge in [-0.1, -0.05) is 59.6 Å². The third-order valence-electron chi connectivity index (χ3n) is 27.6. The molecule has 0 radical (unpaired) electrons. The van der Waals surface area contributed by atoms with Crippen molar-refractivity contribution in [1.29, 1.82) is 0 Å². The van der Waals surface area contributed by atoms with Crippen LogP contribution in [0.25, 0.3) is 0 Å². The van der Waals surface area contributed by atoms with Crippen molar-refractivity contribution >= 4 is 52.6 Å². The number of esters is 1. The number of amides is 2. The fourth-order valence-electron chi connectivity index (χ4n) is 20.8. The molecule has 19 N–H and O–H groups in total. The number of aliphatic carboxylic acids is 1. The molecule has 644 valence electrons. The van der Waals surface area contributed by atoms with Crippen LogP contribution in [0.1, 0.15) is 142 Å². The highest BCUT2D eigenvalue weighted by atomic mass is 127. The zero-order chi connectivity index (χ0) is 83.0. The number of benzene rings is 1. The summed E-state index contributed by atoms with van der Waals surface area (Å²) in [5.74, 6) is -5.08. The van der Waals surface area contributed by atoms with Gasteiger partial charge in [-0.15, -0.1) is 0 Å². The number of fused-ring (bicyclic) bond motifs is 7. The second kappa shape index (κ2) is 35.3. The van der Waals surface area contributed by atoms with E-state index in [0.29, 0.717) is 69.9 Å². The number of aliphatic hydroxyl groups excluding tert-OH is 16. The summed E-state index contributed by atoms with van der Waals surface area (Å²) in [6, 6.07) is 5.54. The SMILES string of the molecule is C[C@H]1O[C@@H](OC2C(O)[C@@H](NC(=O)CCCCCNC(=O)c3ccc(I)cc3)[C@@H](CO)O[C@H]2OC(=O)[C@]23CCC(C)(C)CC2C2=CCC4C5(C)CC[C@H](O[C@@H]6OC(C(=O)O)[C@@H](O)C(O[C@@H]7OC[C@@H](O)C(O)[C@@H]7O)C6O[C@@H]6OC(CO)[C@H](O)C(O)[C@@H]6O)[C@](C)(C=O)C5CC[C@@]4(C)[C@]2(C)C[C@H]3O)C(O)C(O)[C@H]1O[C@@H]1OC[C@@H](O)C(O)C1O. The normalized spacial score (nSPS) is 48.1. The van der Waals surface area contributed by atoms with Gasteiger partial charge in [-0.25, -0.2) is 4.79 Å². The molecule has 6 saturated heterocycles. The summed E-state index contributed by atoms with van der Waals surface area (Å²) < 4.78 is 74.0. The first-order chi connectivity index (χ1) is 53.7. The molecule has 4 saturated carbocycles. The van der Waals surface area contributed by atoms with Crippen LogP contribution in [0.4, 0.5) is 0 Å². The van der Waals surface area contributed by atoms with Crippen LogP contribution < -0.4 is 10.6 Å². The number of halogens is 1. The Bertz CT molecular complexity index is 3550. The number of carbonyl (C=O) groups is 5. The Labute approximate surface area is 672 Å². The van der Waals surface area contributed by atoms with Crippen molar-refractivity contribution in [2.45, 2.75) is 316 Å². The summed E-state index contributed by atoms with van der Waals surface area (Å²) in [5.41, 5.74) is -4.62. The Morgan fingerprint density at radius 2 is 1.18 bits per heavy atom. The Hall–Kier alpha value is -3.84. The predicted molar refractivity (Wildman–Crippen MR) is 393 cm³/mol. The molecular weight excluding hydrogens is 1620 g/mol. The van der Waals surface area contributed by atoms with E-state index in [1.165, 1.54) is 6.92 Å². The van der Waals surface area contributed by atoms with Crippen LogP contribution in [0.5, 0.6) is 0 Å². The van der Waals surface area contributed by atoms with Gasteiger partial charge in [0, 0.05) is 22.1 Å². The fourth-order valence-corrected chi connectivity index (χ4v) is 21.1. The van der Waals surface area contributed by atoms with Crippen LogP contribution >= 0.6 is 22.6 Å². The van der Waals surface area contributed by atoms with Crippen LogP contribution in [0.3, 0.4) is 0 Å². The van der Waals surface area contributed by atoms with Crippen LogP contribution in [0, 0.1) is 53.8 Å². The highest BCUT2D eigenvalue weighted by Crippen LogP contribution is 2.76. The van der Waals surface area contributed by atoms with Gasteiger partial charge >= 0.3 is 11.9 Å². The van der Waals surface area contributed by atoms with E-state index in [9.17, 15) is 106 Å². The molecule has 1 aromatic carbocycles. The molecule has 0 bridgehead atoms. The molecule has 114 heavy (non-hydrogen) atoms. The van der Waals surface area contributed by atoms with Gasteiger partial charge in [0.25, 0.3) is 5.91 Å². The molecule has 12 rings (SSSR count). The van der Waals surface area contributed by atoms with E-state index in [1.54, 1.807) is 19.1 Å². The second-order valence-electron chi connectivity index (χ2n) is 35.0. The van der Waals surface area contributed by atoms with E-state index in [2.05, 4.69) is 73.9 Å². The summed E-state index contributed by atoms with van der Waals surface area (Å²) in [4.78, 5) is 70.1. The van der Waals surface area contributed by atoms with E-state index >= 15 is 4.79 Å². The Morgan fingerprint density at radius 1 is 0.579 bits per heavy atom. The van der Waals surface area contributed by atoms with Crippen molar-refractivity contribution < 1.29 is 168 Å². The standard InChI is InChI=1S/C77H115IN2O34/c1-32-58(109-65-53(94)47(88)37(84)29-103-65)52(93)56(97)67(105-32)112-61-50(91)46(80-45(87)11-9-8-10-24-79-63(99)33-12-14-34(78)15-13-33)39(27-81)106-69(61)114-71(102)77-23-22-72(2,3)25-36(77)35-16-17-42-73(4)20-19-44(74(5,31-83)41(73)18-21-75(42,6)76(35,7)26-43(77)86)108-70-62(113-68-55(96)51(92)49(90)40(28-82)107-68)59(57(98)60(111-70)64(100)101)110-66-54(95)48(89)38(85)30-104-66/h12-16,31-32,36-44,46-62,65-70,81-82,84-86,88-98H,8-11,17-30H2,1-7H3,(H,79,99)(H,80,87)(H,100,101)/t32-,36?,37-,38-,39-,40?,41?,42?,43-,44+,46+,47?,48?,49+,50?,51?,52?,53?,54+,55+,56?,57+,58+,59?,60?,61?,62?,65+,66+,67+,68+,69+,70-,73?,74-,75-,76-,77-/m1/s1. The molecular formula is C77H115IN2O34. The fraction of sp³-hybridized carbons (Fsp3) is 0.831. The van der Waals surface area contributed by atoms with Crippen molar-refractivity contribution in [3.8, 4) is 0 Å². The maximum absolute atomic E-state index is 16.1. The molecule has 2 amide bonds. The van der Waals surface area contributed by atoms with Crippen LogP contribution in [-0.2, 0) is 76.0 Å². The minimum atomic E-state index is -2.23. The summed E-state index contributed by atoms with van der Waals surface area (Å²) in [6.45, 7) is 11.1. The molecule has 5 aliphatic carbocycles. The van der Waals surface area contributed by atoms with Gasteiger partial charge in [0.05, 0.1) is 56.2 Å². The topological polar surface area (TPSA) is 564 Å². The quantitative estimate of drug-likeness (QED) is 0.0122. The first-order valence-corrected chi connectivity index (χ1v) is 40.6. The van der Waals surface area contributed by atoms with E-state index in [4.69, 9.17) is 56.8 Å². The minimum Gasteiger partial charge on any atom is -0.479 e. The molecule has 0 aromatic heterocycles. The lowest BCUT2D eigenvalue weighted by molar-refractivity contribution is -0.391. The summed E-state index contributed by atoms with van der Waals surface area (Å²) >= 11 is 2.14. The maximum atomic E-state index is 16.1. The zero-order valence-corrected chi connectivity index (χ0v) is 66.8. The first kappa shape index (κ1) is 89.4. The maximum Gasteiger partial charge on any atom is 0.335 e. The number of aliphatic hydroxyl groups is 16. The molecule has 1 aromatic rings. The molecule has 36 nitrogen and oxygen atoms in total. The zero-order valence-electron chi connectivity index (χ0n) is 64.7. The number of rotatable bonds is 24. The Kier molecular flexibility index (Phi) is 27.7. The molecule has 6 aliphatic heterocycles. The largest absolute Gasteiger partial charge is 0.479 e. The number of unbranched alkanes of at least 4 members (excludes halogenated alkanes) is 2. The van der Waals surface area contributed by atoms with Gasteiger partial charge in [-0.3, -0.25) is 14.4 Å². The average Bonchev–Trinajstić information content (AvgIpc) is 0.669. The molecule has 16 unspecified atom stereocenters. The number of nitrogens with one attached hydrogen (secondary N) is 2. The number of carbonyl (C=O) groups excluding carboxylic acids is 4. The van der Waals surface area contributed by atoms with Gasteiger partial charge in [0.2, 0.25) is 12.2 Å². The minimum absolute atomic E-state index is 0.000676. The number of allylic oxidation sites excluding steroid dienone is 2. The summed E-state index contributed by atoms with van der Waals surface area (Å²) in [5, 5.41) is 195. The third-order valence-corrected chi connectivity index (χ3v) is 28.3. The number of hydrogen-bond donors (Lipinski definition) is 19. The average molecular weight is 1740 g/mol. The van der Waals surface area contributed by atoms with E-state index in [-0.39, 0.29) is 37.5 Å². The molecule has 10 fully saturated rings. The van der Waals surface area contributed by atoms with Crippen LogP contribution in [-0.4, -0.2) is 334 Å². The Balaban J connectivity index is 0.802. The van der Waals surface area contributed by atoms with Crippen molar-refractivity contribution in [3.63, 3.8) is 0 Å². The van der Waals surface area contributed by atoms with Crippen LogP contribution in [0.2, 0.25) is 0 Å². The lowest BCUT2D eigenvalue weighted by atomic mass is 9.33. The van der Waals surface area contributed by atoms with E-state index < -0.39 is 273 Å². The lowest BCUT2D eigenvalue weighted by Crippen LogP contribution is -2.70. The number of carboxylic acid groups (broad SMARTS) is 1. The number of carboxylic acids is 1. The number of aldehydes is 1.